The summed E-state index contributed by atoms with van der Waals surface area (Å²) in [5.74, 6) is -0.116. The van der Waals surface area contributed by atoms with Gasteiger partial charge in [-0.2, -0.15) is 0 Å². The van der Waals surface area contributed by atoms with Gasteiger partial charge in [-0.1, -0.05) is 31.2 Å². The van der Waals surface area contributed by atoms with E-state index in [-0.39, 0.29) is 30.4 Å². The van der Waals surface area contributed by atoms with Crippen molar-refractivity contribution in [2.24, 2.45) is 0 Å². The lowest BCUT2D eigenvalue weighted by atomic mass is 10.0. The Labute approximate surface area is 187 Å². The highest BCUT2D eigenvalue weighted by atomic mass is 16.5. The maximum atomic E-state index is 12.9. The van der Waals surface area contributed by atoms with Crippen molar-refractivity contribution in [2.45, 2.75) is 50.9 Å². The maximum Gasteiger partial charge on any atom is 0.255 e. The Bertz CT molecular complexity index is 1100. The summed E-state index contributed by atoms with van der Waals surface area (Å²) in [7, 11) is 2.11. The SMILES string of the molecule is CCN(C)[C@H]1c2ccccc2C[C@@H]1Oc1ccc2c(c1)CN(C1CCC(=O)NC1=O)C2=O. The molecule has 166 valence electrons. The van der Waals surface area contributed by atoms with Crippen molar-refractivity contribution in [2.75, 3.05) is 13.6 Å². The van der Waals surface area contributed by atoms with Crippen LogP contribution in [0, 0.1) is 0 Å². The lowest BCUT2D eigenvalue weighted by Gasteiger charge is -2.30. The van der Waals surface area contributed by atoms with Crippen molar-refractivity contribution in [1.82, 2.24) is 15.1 Å². The van der Waals surface area contributed by atoms with Crippen molar-refractivity contribution >= 4 is 17.7 Å². The fraction of sp³-hybridized carbons (Fsp3) is 0.400. The number of amides is 3. The van der Waals surface area contributed by atoms with E-state index in [4.69, 9.17) is 4.74 Å². The predicted molar refractivity (Wildman–Crippen MR) is 118 cm³/mol. The highest BCUT2D eigenvalue weighted by molar-refractivity contribution is 6.05. The van der Waals surface area contributed by atoms with Gasteiger partial charge in [-0.15, -0.1) is 0 Å². The maximum absolute atomic E-state index is 12.9. The summed E-state index contributed by atoms with van der Waals surface area (Å²) >= 11 is 0. The smallest absolute Gasteiger partial charge is 0.255 e. The van der Waals surface area contributed by atoms with Crippen LogP contribution in [-0.2, 0) is 22.6 Å². The van der Waals surface area contributed by atoms with Crippen LogP contribution in [0.15, 0.2) is 42.5 Å². The molecule has 2 aliphatic heterocycles. The summed E-state index contributed by atoms with van der Waals surface area (Å²) in [6, 6.07) is 13.6. The Morgan fingerprint density at radius 3 is 2.72 bits per heavy atom. The molecule has 7 nitrogen and oxygen atoms in total. The second kappa shape index (κ2) is 8.06. The third kappa shape index (κ3) is 3.46. The molecule has 2 aromatic carbocycles. The second-order valence-electron chi connectivity index (χ2n) is 8.80. The largest absolute Gasteiger partial charge is 0.488 e. The zero-order chi connectivity index (χ0) is 22.4. The topological polar surface area (TPSA) is 79.0 Å². The molecule has 1 unspecified atom stereocenters. The highest BCUT2D eigenvalue weighted by Crippen LogP contribution is 2.38. The van der Waals surface area contributed by atoms with Crippen LogP contribution < -0.4 is 10.1 Å². The molecule has 1 saturated heterocycles. The Balaban J connectivity index is 1.36. The molecule has 7 heteroatoms. The number of imide groups is 1. The van der Waals surface area contributed by atoms with Crippen molar-refractivity contribution in [3.8, 4) is 5.75 Å². The van der Waals surface area contributed by atoms with Crippen LogP contribution in [0.5, 0.6) is 5.75 Å². The molecule has 1 aliphatic carbocycles. The Kier molecular flexibility index (Phi) is 5.21. The molecule has 2 heterocycles. The standard InChI is InChI=1S/C25H27N3O4/c1-3-27(2)23-18-7-5-4-6-15(18)13-21(23)32-17-8-9-19-16(12-17)14-28(25(19)31)20-10-11-22(29)26-24(20)30/h4-9,12,20-21,23H,3,10-11,13-14H2,1-2H3,(H,26,29,30)/t20?,21-,23-/m0/s1. The van der Waals surface area contributed by atoms with E-state index >= 15 is 0 Å². The van der Waals surface area contributed by atoms with E-state index in [0.29, 0.717) is 18.5 Å². The highest BCUT2D eigenvalue weighted by Gasteiger charge is 2.40. The lowest BCUT2D eigenvalue weighted by Crippen LogP contribution is -2.52. The fourth-order valence-electron chi connectivity index (χ4n) is 5.16. The first-order chi connectivity index (χ1) is 15.5. The minimum atomic E-state index is -0.608. The summed E-state index contributed by atoms with van der Waals surface area (Å²) < 4.78 is 6.47. The molecule has 1 fully saturated rings. The molecule has 32 heavy (non-hydrogen) atoms. The van der Waals surface area contributed by atoms with Gasteiger partial charge in [-0.3, -0.25) is 24.6 Å². The molecule has 2 aromatic rings. The quantitative estimate of drug-likeness (QED) is 0.733. The van der Waals surface area contributed by atoms with Gasteiger partial charge in [0.25, 0.3) is 5.91 Å². The van der Waals surface area contributed by atoms with Gasteiger partial charge < -0.3 is 9.64 Å². The van der Waals surface area contributed by atoms with Gasteiger partial charge in [-0.25, -0.2) is 0 Å². The predicted octanol–water partition coefficient (Wildman–Crippen LogP) is 2.44. The van der Waals surface area contributed by atoms with Gasteiger partial charge in [0.15, 0.2) is 0 Å². The van der Waals surface area contributed by atoms with E-state index in [9.17, 15) is 14.4 Å². The number of hydrogen-bond donors (Lipinski definition) is 1. The number of nitrogens with one attached hydrogen (secondary N) is 1. The first kappa shape index (κ1) is 20.7. The molecule has 0 saturated carbocycles. The lowest BCUT2D eigenvalue weighted by molar-refractivity contribution is -0.136. The molecule has 3 aliphatic rings. The van der Waals surface area contributed by atoms with Crippen molar-refractivity contribution in [1.29, 1.82) is 0 Å². The summed E-state index contributed by atoms with van der Waals surface area (Å²) in [6.45, 7) is 3.40. The van der Waals surface area contributed by atoms with Gasteiger partial charge in [0.05, 0.1) is 6.04 Å². The second-order valence-corrected chi connectivity index (χ2v) is 8.80. The monoisotopic (exact) mass is 433 g/mol. The Morgan fingerprint density at radius 2 is 1.94 bits per heavy atom. The summed E-state index contributed by atoms with van der Waals surface area (Å²) in [4.78, 5) is 40.5. The number of likely N-dealkylation sites (N-methyl/N-ethyl adjacent to an activating group) is 1. The molecule has 0 aromatic heterocycles. The van der Waals surface area contributed by atoms with E-state index in [1.165, 1.54) is 11.1 Å². The number of hydrogen-bond acceptors (Lipinski definition) is 5. The van der Waals surface area contributed by atoms with Crippen LogP contribution >= 0.6 is 0 Å². The molecule has 0 spiro atoms. The average molecular weight is 434 g/mol. The van der Waals surface area contributed by atoms with Crippen molar-refractivity contribution in [3.63, 3.8) is 0 Å². The van der Waals surface area contributed by atoms with Gasteiger partial charge >= 0.3 is 0 Å². The van der Waals surface area contributed by atoms with Gasteiger partial charge in [-0.05, 0) is 54.9 Å². The number of ether oxygens (including phenoxy) is 1. The number of piperidine rings is 1. The summed E-state index contributed by atoms with van der Waals surface area (Å²) in [5, 5.41) is 2.34. The van der Waals surface area contributed by atoms with Crippen LogP contribution in [-0.4, -0.2) is 53.3 Å². The Morgan fingerprint density at radius 1 is 1.12 bits per heavy atom. The van der Waals surface area contributed by atoms with Crippen LogP contribution in [0.25, 0.3) is 0 Å². The number of carbonyl (C=O) groups excluding carboxylic acids is 3. The molecule has 0 bridgehead atoms. The summed E-state index contributed by atoms with van der Waals surface area (Å²) in [5.41, 5.74) is 4.07. The third-order valence-electron chi connectivity index (χ3n) is 6.90. The van der Waals surface area contributed by atoms with Crippen molar-refractivity contribution in [3.05, 3.63) is 64.7 Å². The van der Waals surface area contributed by atoms with E-state index in [0.717, 1.165) is 24.3 Å². The minimum absolute atomic E-state index is 0.0151. The Hall–Kier alpha value is -3.19. The summed E-state index contributed by atoms with van der Waals surface area (Å²) in [6.07, 6.45) is 1.43. The first-order valence-electron chi connectivity index (χ1n) is 11.2. The molecular weight excluding hydrogens is 406 g/mol. The normalized spacial score (nSPS) is 24.5. The van der Waals surface area contributed by atoms with E-state index in [1.807, 2.05) is 12.1 Å². The first-order valence-corrected chi connectivity index (χ1v) is 11.2. The van der Waals surface area contributed by atoms with Gasteiger partial charge in [0.1, 0.15) is 17.9 Å². The van der Waals surface area contributed by atoms with Crippen LogP contribution in [0.3, 0.4) is 0 Å². The molecule has 5 rings (SSSR count). The van der Waals surface area contributed by atoms with Crippen LogP contribution in [0.2, 0.25) is 0 Å². The van der Waals surface area contributed by atoms with E-state index < -0.39 is 11.9 Å². The number of carbonyl (C=O) groups is 3. The van der Waals surface area contributed by atoms with Crippen LogP contribution in [0.1, 0.15) is 52.9 Å². The number of fused-ring (bicyclic) bond motifs is 2. The molecule has 3 atom stereocenters. The van der Waals surface area contributed by atoms with Gasteiger partial charge in [0, 0.05) is 24.9 Å². The molecule has 1 N–H and O–H groups in total. The van der Waals surface area contributed by atoms with Crippen molar-refractivity contribution < 1.29 is 19.1 Å². The van der Waals surface area contributed by atoms with E-state index in [2.05, 4.69) is 48.5 Å². The van der Waals surface area contributed by atoms with Crippen LogP contribution in [0.4, 0.5) is 0 Å². The molecule has 3 amide bonds. The molecule has 0 radical (unpaired) electrons. The number of benzene rings is 2. The zero-order valence-electron chi connectivity index (χ0n) is 18.3. The van der Waals surface area contributed by atoms with E-state index in [1.54, 1.807) is 11.0 Å². The average Bonchev–Trinajstić information content (AvgIpc) is 3.30. The zero-order valence-corrected chi connectivity index (χ0v) is 18.3. The fourth-order valence-corrected chi connectivity index (χ4v) is 5.16. The number of rotatable bonds is 5. The number of nitrogens with zero attached hydrogens (tertiary/aromatic N) is 2. The molecular formula is C25H27N3O4. The third-order valence-corrected chi connectivity index (χ3v) is 6.90. The van der Waals surface area contributed by atoms with Gasteiger partial charge in [0.2, 0.25) is 11.8 Å². The minimum Gasteiger partial charge on any atom is -0.488 e.